The molecule has 0 atom stereocenters. The van der Waals surface area contributed by atoms with Gasteiger partial charge in [-0.1, -0.05) is 0 Å². The molecule has 0 saturated heterocycles. The van der Waals surface area contributed by atoms with E-state index >= 15 is 0 Å². The third kappa shape index (κ3) is 10.3. The lowest BCUT2D eigenvalue weighted by atomic mass is 10.2. The molecule has 36 heavy (non-hydrogen) atoms. The number of aromatic nitrogens is 2. The molecule has 2 aromatic carbocycles. The van der Waals surface area contributed by atoms with E-state index in [1.807, 2.05) is 36.4 Å². The Bertz CT molecular complexity index is 1490. The third-order valence-electron chi connectivity index (χ3n) is 4.04. The van der Waals surface area contributed by atoms with Gasteiger partial charge in [-0.2, -0.15) is 16.8 Å². The van der Waals surface area contributed by atoms with Crippen molar-refractivity contribution in [1.29, 1.82) is 10.8 Å². The largest absolute Gasteiger partial charge is 0.384 e. The maximum Gasteiger partial charge on any atom is 0.261 e. The first-order chi connectivity index (χ1) is 16.5. The molecule has 194 valence electrons. The molecule has 2 heterocycles. The summed E-state index contributed by atoms with van der Waals surface area (Å²) in [7, 11) is -7.33. The topological polar surface area (TPSA) is 234 Å². The fourth-order valence-electron chi connectivity index (χ4n) is 2.71. The first-order valence-electron chi connectivity index (χ1n) is 9.82. The summed E-state index contributed by atoms with van der Waals surface area (Å²) in [5.74, 6) is 0.141. The lowest BCUT2D eigenvalue weighted by Gasteiger charge is -1.95. The molecular weight excluding hydrogens is 549 g/mol. The van der Waals surface area contributed by atoms with E-state index in [-0.39, 0.29) is 11.7 Å². The maximum atomic E-state index is 9.19. The number of nitrogens with two attached hydrogens (primary N) is 2. The zero-order chi connectivity index (χ0) is 27.3. The fourth-order valence-corrected chi connectivity index (χ4v) is 4.72. The molecule has 0 unspecified atom stereocenters. The van der Waals surface area contributed by atoms with Crippen LogP contribution in [0.2, 0.25) is 0 Å². The number of hydrogen-bond acceptors (Lipinski definition) is 10. The number of nitrogens with one attached hydrogen (secondary N) is 2. The molecule has 2 aromatic heterocycles. The summed E-state index contributed by atoms with van der Waals surface area (Å²) in [6.45, 7) is 0. The van der Waals surface area contributed by atoms with Gasteiger partial charge in [0.15, 0.2) is 0 Å². The Balaban J connectivity index is 0.000000389. The first-order valence-corrected chi connectivity index (χ1v) is 15.1. The molecule has 0 fully saturated rings. The number of rotatable bonds is 5. The molecule has 0 bridgehead atoms. The van der Waals surface area contributed by atoms with Gasteiger partial charge in [0, 0.05) is 24.0 Å². The summed E-state index contributed by atoms with van der Waals surface area (Å²) in [5.41, 5.74) is 14.4. The van der Waals surface area contributed by atoms with Crippen molar-refractivity contribution in [1.82, 2.24) is 9.97 Å². The van der Waals surface area contributed by atoms with Crippen molar-refractivity contribution in [2.45, 2.75) is 12.8 Å². The van der Waals surface area contributed by atoms with Crippen molar-refractivity contribution in [2.75, 3.05) is 12.5 Å². The number of aryl methyl sites for hydroxylation is 2. The van der Waals surface area contributed by atoms with Crippen molar-refractivity contribution in [3.63, 3.8) is 0 Å². The van der Waals surface area contributed by atoms with Crippen LogP contribution in [0, 0.1) is 10.8 Å². The van der Waals surface area contributed by atoms with Gasteiger partial charge in [0.2, 0.25) is 0 Å². The standard InChI is InChI=1S/C18H16N6S2.2CH4O3S/c19-17(20)9-1-3-11-13(7-9)25-15(23-11)5-6-16-24-12-4-2-10(18(21)22)8-14(12)26-16;2*1-5(2,3)4/h1-4,7-8H,5-6H2,(H3,19,20)(H3,21,22);2*1H3,(H,2,3,4). The van der Waals surface area contributed by atoms with Gasteiger partial charge in [0.1, 0.15) is 11.7 Å². The van der Waals surface area contributed by atoms with E-state index in [1.54, 1.807) is 22.7 Å². The highest BCUT2D eigenvalue weighted by molar-refractivity contribution is 7.85. The lowest BCUT2D eigenvalue weighted by molar-refractivity contribution is 0.488. The zero-order valence-electron chi connectivity index (χ0n) is 19.1. The van der Waals surface area contributed by atoms with Crippen molar-refractivity contribution < 1.29 is 25.9 Å². The smallest absolute Gasteiger partial charge is 0.261 e. The molecule has 0 radical (unpaired) electrons. The number of amidine groups is 2. The van der Waals surface area contributed by atoms with E-state index in [4.69, 9.17) is 31.4 Å². The Morgan fingerprint density at radius 1 is 0.778 bits per heavy atom. The summed E-state index contributed by atoms with van der Waals surface area (Å²) >= 11 is 3.26. The van der Waals surface area contributed by atoms with Crippen LogP contribution in [-0.4, -0.2) is 60.1 Å². The van der Waals surface area contributed by atoms with E-state index in [1.165, 1.54) is 0 Å². The average molecular weight is 573 g/mol. The normalized spacial score (nSPS) is 11.3. The van der Waals surface area contributed by atoms with Crippen molar-refractivity contribution in [3.05, 3.63) is 57.5 Å². The van der Waals surface area contributed by atoms with Crippen LogP contribution in [0.3, 0.4) is 0 Å². The van der Waals surface area contributed by atoms with Crippen LogP contribution < -0.4 is 11.5 Å². The van der Waals surface area contributed by atoms with E-state index in [0.717, 1.165) is 54.4 Å². The van der Waals surface area contributed by atoms with Crippen LogP contribution in [0.4, 0.5) is 0 Å². The van der Waals surface area contributed by atoms with E-state index in [2.05, 4.69) is 9.97 Å². The summed E-state index contributed by atoms with van der Waals surface area (Å²) in [6, 6.07) is 11.3. The quantitative estimate of drug-likeness (QED) is 0.116. The Kier molecular flexibility index (Phi) is 9.58. The monoisotopic (exact) mass is 572 g/mol. The average Bonchev–Trinajstić information content (AvgIpc) is 3.31. The Morgan fingerprint density at radius 2 is 1.08 bits per heavy atom. The highest BCUT2D eigenvalue weighted by Crippen LogP contribution is 2.27. The number of benzene rings is 2. The van der Waals surface area contributed by atoms with Gasteiger partial charge in [-0.15, -0.1) is 22.7 Å². The molecule has 0 spiro atoms. The third-order valence-corrected chi connectivity index (χ3v) is 6.20. The van der Waals surface area contributed by atoms with Crippen molar-refractivity contribution >= 4 is 75.0 Å². The minimum Gasteiger partial charge on any atom is -0.384 e. The molecule has 16 heteroatoms. The van der Waals surface area contributed by atoms with Crippen LogP contribution in [0.1, 0.15) is 21.1 Å². The predicted octanol–water partition coefficient (Wildman–Crippen LogP) is 2.27. The first kappa shape index (κ1) is 29.2. The van der Waals surface area contributed by atoms with Gasteiger partial charge in [0.05, 0.1) is 43.0 Å². The van der Waals surface area contributed by atoms with Gasteiger partial charge in [-0.05, 0) is 36.4 Å². The van der Waals surface area contributed by atoms with Gasteiger partial charge in [-0.3, -0.25) is 19.9 Å². The number of nitrogen functional groups attached to an aromatic ring is 2. The molecule has 0 amide bonds. The number of hydrogen-bond donors (Lipinski definition) is 6. The van der Waals surface area contributed by atoms with Crippen LogP contribution in [0.15, 0.2) is 36.4 Å². The second-order valence-corrected chi connectivity index (χ2v) is 12.5. The van der Waals surface area contributed by atoms with E-state index < -0.39 is 20.2 Å². The van der Waals surface area contributed by atoms with E-state index in [0.29, 0.717) is 12.5 Å². The Hall–Kier alpha value is -3.02. The van der Waals surface area contributed by atoms with Crippen LogP contribution in [-0.2, 0) is 33.1 Å². The molecule has 0 aliphatic heterocycles. The molecule has 4 rings (SSSR count). The van der Waals surface area contributed by atoms with E-state index in [9.17, 15) is 16.8 Å². The molecule has 12 nitrogen and oxygen atoms in total. The number of fused-ring (bicyclic) bond motifs is 2. The minimum atomic E-state index is -3.67. The highest BCUT2D eigenvalue weighted by atomic mass is 32.2. The molecule has 4 aromatic rings. The summed E-state index contributed by atoms with van der Waals surface area (Å²) in [4.78, 5) is 9.32. The molecule has 8 N–H and O–H groups in total. The summed E-state index contributed by atoms with van der Waals surface area (Å²) in [6.07, 6.45) is 3.06. The SMILES string of the molecule is CS(=O)(=O)O.CS(=O)(=O)O.N=C(N)c1ccc2nc(CCc3nc4ccc(C(=N)N)cc4s3)sc2c1. The molecule has 0 aliphatic carbocycles. The summed E-state index contributed by atoms with van der Waals surface area (Å²) in [5, 5.41) is 17.2. The highest BCUT2D eigenvalue weighted by Gasteiger charge is 2.10. The van der Waals surface area contributed by atoms with Crippen molar-refractivity contribution in [3.8, 4) is 0 Å². The van der Waals surface area contributed by atoms with Crippen LogP contribution >= 0.6 is 22.7 Å². The Morgan fingerprint density at radius 3 is 1.36 bits per heavy atom. The van der Waals surface area contributed by atoms with Gasteiger partial charge >= 0.3 is 0 Å². The number of thiazole rings is 2. The lowest BCUT2D eigenvalue weighted by Crippen LogP contribution is -2.10. The maximum absolute atomic E-state index is 9.19. The Labute approximate surface area is 215 Å². The number of nitrogens with zero attached hydrogens (tertiary/aromatic N) is 2. The van der Waals surface area contributed by atoms with Gasteiger partial charge in [-0.25, -0.2) is 9.97 Å². The summed E-state index contributed by atoms with van der Waals surface area (Å²) < 4.78 is 53.8. The molecule has 0 saturated carbocycles. The second kappa shape index (κ2) is 11.8. The van der Waals surface area contributed by atoms with Crippen molar-refractivity contribution in [2.24, 2.45) is 11.5 Å². The zero-order valence-corrected chi connectivity index (χ0v) is 22.4. The fraction of sp³-hybridized carbons (Fsp3) is 0.200. The minimum absolute atomic E-state index is 0.0706. The molecular formula is C20H24N6O6S4. The van der Waals surface area contributed by atoms with Gasteiger partial charge in [0.25, 0.3) is 20.2 Å². The van der Waals surface area contributed by atoms with Crippen LogP contribution in [0.5, 0.6) is 0 Å². The van der Waals surface area contributed by atoms with Gasteiger partial charge < -0.3 is 11.5 Å². The predicted molar refractivity (Wildman–Crippen MR) is 144 cm³/mol. The molecule has 0 aliphatic rings. The van der Waals surface area contributed by atoms with Crippen LogP contribution in [0.25, 0.3) is 20.4 Å². The second-order valence-electron chi connectivity index (χ2n) is 7.37.